The van der Waals surface area contributed by atoms with E-state index in [9.17, 15) is 8.42 Å². The summed E-state index contributed by atoms with van der Waals surface area (Å²) in [5, 5.41) is 7.58. The molecule has 0 spiro atoms. The molecule has 0 unspecified atom stereocenters. The molecule has 0 saturated carbocycles. The van der Waals surface area contributed by atoms with Gasteiger partial charge in [-0.3, -0.25) is 0 Å². The molecule has 1 aromatic carbocycles. The zero-order chi connectivity index (χ0) is 19.6. The highest BCUT2D eigenvalue weighted by Gasteiger charge is 2.27. The Bertz CT molecular complexity index is 1060. The van der Waals surface area contributed by atoms with Gasteiger partial charge >= 0.3 is 0 Å². The number of pyridine rings is 1. The van der Waals surface area contributed by atoms with Crippen LogP contribution in [0, 0.1) is 0 Å². The van der Waals surface area contributed by atoms with E-state index in [2.05, 4.69) is 20.4 Å². The van der Waals surface area contributed by atoms with Crippen molar-refractivity contribution in [1.82, 2.24) is 19.4 Å². The molecule has 0 bridgehead atoms. The molecule has 28 heavy (non-hydrogen) atoms. The molecule has 3 heterocycles. The zero-order valence-corrected chi connectivity index (χ0v) is 16.4. The Kier molecular flexibility index (Phi) is 5.29. The molecule has 0 radical (unpaired) electrons. The molecule has 8 nitrogen and oxygen atoms in total. The van der Waals surface area contributed by atoms with Crippen molar-refractivity contribution in [3.63, 3.8) is 0 Å². The van der Waals surface area contributed by atoms with Crippen molar-refractivity contribution >= 4 is 27.4 Å². The molecule has 146 valence electrons. The standard InChI is InChI=1S/C18H18ClN5O3S/c19-14-5-3-4-13(10-14)18-22-17(27-23-18)12-21-16-7-6-15(11-20-16)28(25,26)24-8-1-2-9-24/h3-7,10-11H,1-2,8-9,12H2,(H,20,21). The van der Waals surface area contributed by atoms with Crippen LogP contribution in [0.3, 0.4) is 0 Å². The molecule has 1 fully saturated rings. The first-order valence-corrected chi connectivity index (χ1v) is 10.6. The van der Waals surface area contributed by atoms with Crippen molar-refractivity contribution in [1.29, 1.82) is 0 Å². The van der Waals surface area contributed by atoms with E-state index < -0.39 is 10.0 Å². The van der Waals surface area contributed by atoms with Gasteiger partial charge < -0.3 is 9.84 Å². The van der Waals surface area contributed by atoms with Crippen molar-refractivity contribution in [2.24, 2.45) is 0 Å². The third kappa shape index (κ3) is 4.01. The Labute approximate surface area is 167 Å². The van der Waals surface area contributed by atoms with Crippen molar-refractivity contribution in [3.05, 3.63) is 53.5 Å². The van der Waals surface area contributed by atoms with Crippen LogP contribution in [0.1, 0.15) is 18.7 Å². The zero-order valence-electron chi connectivity index (χ0n) is 14.9. The summed E-state index contributed by atoms with van der Waals surface area (Å²) in [6, 6.07) is 10.4. The summed E-state index contributed by atoms with van der Waals surface area (Å²) in [6.07, 6.45) is 3.16. The fourth-order valence-electron chi connectivity index (χ4n) is 2.95. The molecule has 1 aliphatic heterocycles. The summed E-state index contributed by atoms with van der Waals surface area (Å²) in [5.41, 5.74) is 0.761. The number of halogens is 1. The summed E-state index contributed by atoms with van der Waals surface area (Å²) in [6.45, 7) is 1.39. The number of aromatic nitrogens is 3. The largest absolute Gasteiger partial charge is 0.361 e. The highest BCUT2D eigenvalue weighted by atomic mass is 35.5. The molecule has 1 aliphatic rings. The van der Waals surface area contributed by atoms with Gasteiger partial charge in [-0.25, -0.2) is 13.4 Å². The highest BCUT2D eigenvalue weighted by Crippen LogP contribution is 2.22. The summed E-state index contributed by atoms with van der Waals surface area (Å²) >= 11 is 5.98. The van der Waals surface area contributed by atoms with E-state index in [1.807, 2.05) is 12.1 Å². The third-order valence-corrected chi connectivity index (χ3v) is 6.53. The first-order chi connectivity index (χ1) is 13.5. The maximum absolute atomic E-state index is 12.5. The van der Waals surface area contributed by atoms with E-state index in [1.54, 1.807) is 24.3 Å². The van der Waals surface area contributed by atoms with Crippen molar-refractivity contribution < 1.29 is 12.9 Å². The van der Waals surface area contributed by atoms with Crippen LogP contribution in [0.4, 0.5) is 5.82 Å². The minimum absolute atomic E-state index is 0.195. The van der Waals surface area contributed by atoms with Gasteiger partial charge in [-0.2, -0.15) is 9.29 Å². The molecule has 1 N–H and O–H groups in total. The number of anilines is 1. The van der Waals surface area contributed by atoms with E-state index in [0.717, 1.165) is 18.4 Å². The predicted octanol–water partition coefficient (Wildman–Crippen LogP) is 3.18. The number of rotatable bonds is 6. The lowest BCUT2D eigenvalue weighted by atomic mass is 10.2. The number of hydrogen-bond acceptors (Lipinski definition) is 7. The van der Waals surface area contributed by atoms with Crippen LogP contribution in [-0.4, -0.2) is 40.9 Å². The van der Waals surface area contributed by atoms with Gasteiger partial charge in [-0.15, -0.1) is 0 Å². The summed E-state index contributed by atoms with van der Waals surface area (Å²) in [4.78, 5) is 8.70. The monoisotopic (exact) mass is 419 g/mol. The lowest BCUT2D eigenvalue weighted by Gasteiger charge is -2.15. The van der Waals surface area contributed by atoms with Crippen LogP contribution in [0.25, 0.3) is 11.4 Å². The normalized spacial score (nSPS) is 15.0. The smallest absolute Gasteiger partial charge is 0.246 e. The maximum atomic E-state index is 12.5. The van der Waals surface area contributed by atoms with Crippen molar-refractivity contribution in [2.75, 3.05) is 18.4 Å². The average Bonchev–Trinajstić information content (AvgIpc) is 3.39. The van der Waals surface area contributed by atoms with Crippen LogP contribution in [0.5, 0.6) is 0 Å². The van der Waals surface area contributed by atoms with Gasteiger partial charge in [0.1, 0.15) is 10.7 Å². The van der Waals surface area contributed by atoms with Crippen LogP contribution in [-0.2, 0) is 16.6 Å². The van der Waals surface area contributed by atoms with Gasteiger partial charge in [0.15, 0.2) is 0 Å². The minimum Gasteiger partial charge on any atom is -0.361 e. The lowest BCUT2D eigenvalue weighted by molar-refractivity contribution is 0.384. The number of hydrogen-bond donors (Lipinski definition) is 1. The summed E-state index contributed by atoms with van der Waals surface area (Å²) < 4.78 is 31.7. The molecular weight excluding hydrogens is 402 g/mol. The number of nitrogens with zero attached hydrogens (tertiary/aromatic N) is 4. The van der Waals surface area contributed by atoms with Crippen LogP contribution in [0.2, 0.25) is 5.02 Å². The summed E-state index contributed by atoms with van der Waals surface area (Å²) in [5.74, 6) is 1.34. The van der Waals surface area contributed by atoms with Gasteiger partial charge in [-0.1, -0.05) is 28.9 Å². The summed E-state index contributed by atoms with van der Waals surface area (Å²) in [7, 11) is -3.46. The molecule has 3 aromatic rings. The van der Waals surface area contributed by atoms with Crippen LogP contribution in [0.15, 0.2) is 52.0 Å². The van der Waals surface area contributed by atoms with Crippen LogP contribution < -0.4 is 5.32 Å². The Balaban J connectivity index is 1.40. The van der Waals surface area contributed by atoms with E-state index in [-0.39, 0.29) is 11.4 Å². The molecule has 0 atom stereocenters. The molecule has 10 heteroatoms. The number of sulfonamides is 1. The topological polar surface area (TPSA) is 101 Å². The second kappa shape index (κ2) is 7.86. The van der Waals surface area contributed by atoms with E-state index in [1.165, 1.54) is 10.5 Å². The Hall–Kier alpha value is -2.49. The Morgan fingerprint density at radius 2 is 2.00 bits per heavy atom. The van der Waals surface area contributed by atoms with Gasteiger partial charge in [0.2, 0.25) is 21.7 Å². The van der Waals surface area contributed by atoms with Gasteiger partial charge in [0.05, 0.1) is 6.54 Å². The average molecular weight is 420 g/mol. The molecular formula is C18H18ClN5O3S. The van der Waals surface area contributed by atoms with E-state index >= 15 is 0 Å². The third-order valence-electron chi connectivity index (χ3n) is 4.41. The fraction of sp³-hybridized carbons (Fsp3) is 0.278. The van der Waals surface area contributed by atoms with E-state index in [4.69, 9.17) is 16.1 Å². The van der Waals surface area contributed by atoms with Crippen LogP contribution >= 0.6 is 11.6 Å². The lowest BCUT2D eigenvalue weighted by Crippen LogP contribution is -2.27. The first kappa shape index (κ1) is 18.9. The second-order valence-electron chi connectivity index (χ2n) is 6.37. The minimum atomic E-state index is -3.46. The molecule has 2 aromatic heterocycles. The number of benzene rings is 1. The number of nitrogens with one attached hydrogen (secondary N) is 1. The second-order valence-corrected chi connectivity index (χ2v) is 8.74. The first-order valence-electron chi connectivity index (χ1n) is 8.81. The molecule has 0 amide bonds. The maximum Gasteiger partial charge on any atom is 0.246 e. The Morgan fingerprint density at radius 3 is 2.71 bits per heavy atom. The highest BCUT2D eigenvalue weighted by molar-refractivity contribution is 7.89. The fourth-order valence-corrected chi connectivity index (χ4v) is 4.61. The predicted molar refractivity (Wildman–Crippen MR) is 104 cm³/mol. The quantitative estimate of drug-likeness (QED) is 0.654. The van der Waals surface area contributed by atoms with E-state index in [0.29, 0.717) is 35.6 Å². The molecule has 4 rings (SSSR count). The van der Waals surface area contributed by atoms with Crippen molar-refractivity contribution in [3.8, 4) is 11.4 Å². The Morgan fingerprint density at radius 1 is 1.18 bits per heavy atom. The SMILES string of the molecule is O=S(=O)(c1ccc(NCc2nc(-c3cccc(Cl)c3)no2)nc1)N1CCCC1. The van der Waals surface area contributed by atoms with Gasteiger partial charge in [-0.05, 0) is 37.1 Å². The van der Waals surface area contributed by atoms with Gasteiger partial charge in [0, 0.05) is 29.9 Å². The molecule has 0 aliphatic carbocycles. The molecule has 1 saturated heterocycles. The van der Waals surface area contributed by atoms with Gasteiger partial charge in [0.25, 0.3) is 0 Å². The van der Waals surface area contributed by atoms with Crippen molar-refractivity contribution in [2.45, 2.75) is 24.3 Å².